The fourth-order valence-electron chi connectivity index (χ4n) is 6.50. The number of benzene rings is 3. The van der Waals surface area contributed by atoms with E-state index in [4.69, 9.17) is 44.1 Å². The van der Waals surface area contributed by atoms with Gasteiger partial charge in [0.2, 0.25) is 5.91 Å². The molecule has 0 saturated heterocycles. The maximum absolute atomic E-state index is 13.8. The van der Waals surface area contributed by atoms with Crippen LogP contribution in [0.2, 0.25) is 15.1 Å². The molecule has 2 aliphatic carbocycles. The summed E-state index contributed by atoms with van der Waals surface area (Å²) in [6.07, 6.45) is 5.57. The molecule has 1 aromatic heterocycles. The number of nitrogens with zero attached hydrogens (tertiary/aromatic N) is 3. The summed E-state index contributed by atoms with van der Waals surface area (Å²) < 4.78 is 38.5. The number of carbonyl (C=O) groups is 2. The molecule has 7 rings (SSSR count). The van der Waals surface area contributed by atoms with Crippen LogP contribution in [0.1, 0.15) is 40.2 Å². The molecule has 14 heteroatoms. The van der Waals surface area contributed by atoms with Crippen molar-refractivity contribution in [3.8, 4) is 16.9 Å². The van der Waals surface area contributed by atoms with Crippen LogP contribution in [0.4, 0.5) is 5.69 Å². The Morgan fingerprint density at radius 3 is 2.62 bits per heavy atom. The van der Waals surface area contributed by atoms with Crippen LogP contribution in [0.5, 0.6) is 5.75 Å². The van der Waals surface area contributed by atoms with Crippen molar-refractivity contribution in [2.24, 2.45) is 17.8 Å². The molecule has 2 N–H and O–H groups in total. The molecule has 2 fully saturated rings. The van der Waals surface area contributed by atoms with E-state index >= 15 is 0 Å². The van der Waals surface area contributed by atoms with Crippen molar-refractivity contribution in [3.05, 3.63) is 98.7 Å². The summed E-state index contributed by atoms with van der Waals surface area (Å²) in [5, 5.41) is 8.19. The van der Waals surface area contributed by atoms with E-state index < -0.39 is 21.8 Å². The molecule has 4 aromatic rings. The fourth-order valence-corrected chi connectivity index (χ4v) is 7.45. The van der Waals surface area contributed by atoms with Gasteiger partial charge in [0.05, 0.1) is 40.2 Å². The zero-order valence-corrected chi connectivity index (χ0v) is 28.6. The third-order valence-corrected chi connectivity index (χ3v) is 10.9. The minimum absolute atomic E-state index is 0.0890. The molecule has 48 heavy (non-hydrogen) atoms. The van der Waals surface area contributed by atoms with E-state index in [1.807, 2.05) is 35.5 Å². The Morgan fingerprint density at radius 1 is 1.02 bits per heavy atom. The van der Waals surface area contributed by atoms with Crippen molar-refractivity contribution in [2.45, 2.75) is 25.3 Å². The van der Waals surface area contributed by atoms with Crippen molar-refractivity contribution < 1.29 is 27.3 Å². The molecule has 2 amide bonds. The number of anilines is 1. The van der Waals surface area contributed by atoms with E-state index in [0.717, 1.165) is 35.2 Å². The molecular weight excluding hydrogens is 699 g/mol. The van der Waals surface area contributed by atoms with Gasteiger partial charge in [-0.3, -0.25) is 18.8 Å². The van der Waals surface area contributed by atoms with Gasteiger partial charge in [0.15, 0.2) is 0 Å². The Kier molecular flexibility index (Phi) is 8.93. The van der Waals surface area contributed by atoms with E-state index in [9.17, 15) is 18.0 Å². The van der Waals surface area contributed by atoms with Gasteiger partial charge in [-0.15, -0.1) is 0 Å². The summed E-state index contributed by atoms with van der Waals surface area (Å²) in [6.45, 7) is 1.29. The summed E-state index contributed by atoms with van der Waals surface area (Å²) in [6, 6.07) is 16.2. The molecular formula is C34H31Cl3N4O6S. The number of ether oxygens (including phenoxy) is 1. The quantitative estimate of drug-likeness (QED) is 0.136. The van der Waals surface area contributed by atoms with Gasteiger partial charge in [0, 0.05) is 54.0 Å². The maximum Gasteiger partial charge on any atom is 0.266 e. The van der Waals surface area contributed by atoms with Gasteiger partial charge in [-0.25, -0.2) is 0 Å². The zero-order chi connectivity index (χ0) is 33.7. The second kappa shape index (κ2) is 13.0. The van der Waals surface area contributed by atoms with Gasteiger partial charge < -0.3 is 15.0 Å². The van der Waals surface area contributed by atoms with E-state index in [1.54, 1.807) is 35.0 Å². The molecule has 2 unspecified atom stereocenters. The van der Waals surface area contributed by atoms with Crippen LogP contribution in [0.3, 0.4) is 0 Å². The minimum Gasteiger partial charge on any atom is -0.492 e. The first-order valence-corrected chi connectivity index (χ1v) is 18.3. The Hall–Kier alpha value is -3.61. The molecule has 0 spiro atoms. The molecule has 3 aromatic carbocycles. The molecule has 2 saturated carbocycles. The van der Waals surface area contributed by atoms with Crippen LogP contribution in [0.15, 0.2) is 67.0 Å². The molecule has 250 valence electrons. The monoisotopic (exact) mass is 728 g/mol. The van der Waals surface area contributed by atoms with Crippen LogP contribution in [0.25, 0.3) is 11.1 Å². The van der Waals surface area contributed by atoms with Gasteiger partial charge in [0.1, 0.15) is 5.75 Å². The molecule has 3 aliphatic rings. The van der Waals surface area contributed by atoms with Crippen LogP contribution in [-0.4, -0.2) is 60.0 Å². The Morgan fingerprint density at radius 2 is 1.81 bits per heavy atom. The number of rotatable bonds is 11. The first kappa shape index (κ1) is 32.9. The third-order valence-electron chi connectivity index (χ3n) is 9.14. The molecule has 4 atom stereocenters. The largest absolute Gasteiger partial charge is 0.492 e. The van der Waals surface area contributed by atoms with Gasteiger partial charge >= 0.3 is 0 Å². The third kappa shape index (κ3) is 7.06. The van der Waals surface area contributed by atoms with Crippen molar-refractivity contribution in [2.75, 3.05) is 30.3 Å². The minimum atomic E-state index is -4.16. The Bertz CT molecular complexity index is 2040. The molecule has 0 radical (unpaired) electrons. The number of amides is 2. The highest BCUT2D eigenvalue weighted by molar-refractivity contribution is 7.85. The molecule has 0 bridgehead atoms. The lowest BCUT2D eigenvalue weighted by Crippen LogP contribution is -2.37. The van der Waals surface area contributed by atoms with E-state index in [0.29, 0.717) is 57.9 Å². The Balaban J connectivity index is 1.03. The highest BCUT2D eigenvalue weighted by Gasteiger charge is 2.52. The van der Waals surface area contributed by atoms with Crippen LogP contribution >= 0.6 is 34.8 Å². The van der Waals surface area contributed by atoms with Crippen molar-refractivity contribution in [1.29, 1.82) is 0 Å². The predicted molar refractivity (Wildman–Crippen MR) is 184 cm³/mol. The zero-order valence-electron chi connectivity index (χ0n) is 25.5. The van der Waals surface area contributed by atoms with Gasteiger partial charge in [-0.1, -0.05) is 59.1 Å². The second-order valence-electron chi connectivity index (χ2n) is 12.6. The predicted octanol–water partition coefficient (Wildman–Crippen LogP) is 6.34. The summed E-state index contributed by atoms with van der Waals surface area (Å²) >= 11 is 18.4. The van der Waals surface area contributed by atoms with Crippen molar-refractivity contribution in [1.82, 2.24) is 15.1 Å². The summed E-state index contributed by atoms with van der Waals surface area (Å²) in [7, 11) is -4.16. The van der Waals surface area contributed by atoms with E-state index in [2.05, 4.69) is 16.5 Å². The number of nitrogens with one attached hydrogen (secondary N) is 1. The highest BCUT2D eigenvalue weighted by atomic mass is 35.5. The van der Waals surface area contributed by atoms with E-state index in [1.165, 1.54) is 5.56 Å². The molecule has 10 nitrogen and oxygen atoms in total. The van der Waals surface area contributed by atoms with Crippen LogP contribution in [-0.2, 0) is 21.5 Å². The van der Waals surface area contributed by atoms with Gasteiger partial charge in [-0.05, 0) is 65.6 Å². The average Bonchev–Trinajstić information content (AvgIpc) is 3.96. The lowest BCUT2D eigenvalue weighted by Gasteiger charge is -2.31. The number of carbonyl (C=O) groups excluding carboxylic acids is 2. The van der Waals surface area contributed by atoms with E-state index in [-0.39, 0.29) is 24.3 Å². The number of fused-ring (bicyclic) bond motifs is 3. The topological polar surface area (TPSA) is 131 Å². The standard InChI is InChI=1S/C34H31Cl3N4O6S/c35-27-12-29(37)31(13-28(27)36)47-18-22-11-26(22)34(43)41-17-21-10-25(21)32-24(5-2-6-30(32)41)23-14-39-40(16-23)15-19-3-1-4-20(9-19)33(42)38-7-8-48(44,45)46/h1-6,9,12-14,16,21-22,25-26H,7-8,10-11,15,17-18H2,(H,38,42)(H,44,45,46)/t21-,22?,25-,26?/m0/s1. The number of hydrogen-bond donors (Lipinski definition) is 2. The maximum atomic E-state index is 13.8. The van der Waals surface area contributed by atoms with Gasteiger partial charge in [0.25, 0.3) is 16.0 Å². The lowest BCUT2D eigenvalue weighted by molar-refractivity contribution is -0.120. The van der Waals surface area contributed by atoms with Gasteiger partial charge in [-0.2, -0.15) is 13.5 Å². The summed E-state index contributed by atoms with van der Waals surface area (Å²) in [5.74, 6) is 0.361. The number of aromatic nitrogens is 2. The number of hydrogen-bond acceptors (Lipinski definition) is 6. The summed E-state index contributed by atoms with van der Waals surface area (Å²) in [5.41, 5.74) is 5.35. The second-order valence-corrected chi connectivity index (χ2v) is 15.4. The Labute approximate surface area is 292 Å². The molecule has 2 heterocycles. The lowest BCUT2D eigenvalue weighted by atomic mass is 9.92. The highest BCUT2D eigenvalue weighted by Crippen LogP contribution is 2.58. The van der Waals surface area contributed by atoms with Crippen molar-refractivity contribution in [3.63, 3.8) is 0 Å². The number of halogens is 3. The normalized spacial score (nSPS) is 20.9. The SMILES string of the molecule is O=C(NCCS(=O)(=O)O)c1cccc(Cn2cc(-c3cccc4c3[C@H]3C[C@H]3CN4C(=O)C3CC3COc3cc(Cl)c(Cl)cc3Cl)cn2)c1. The molecule has 1 aliphatic heterocycles. The first-order chi connectivity index (χ1) is 22.9. The summed E-state index contributed by atoms with van der Waals surface area (Å²) in [4.78, 5) is 28.3. The smallest absolute Gasteiger partial charge is 0.266 e. The van der Waals surface area contributed by atoms with Crippen LogP contribution < -0.4 is 15.0 Å². The van der Waals surface area contributed by atoms with Crippen molar-refractivity contribution >= 4 is 62.4 Å². The first-order valence-electron chi connectivity index (χ1n) is 15.5. The van der Waals surface area contributed by atoms with Crippen LogP contribution in [0, 0.1) is 17.8 Å². The average molecular weight is 730 g/mol. The fraction of sp³-hybridized carbons (Fsp3) is 0.324.